The zero-order valence-electron chi connectivity index (χ0n) is 11.7. The first-order valence-corrected chi connectivity index (χ1v) is 6.12. The summed E-state index contributed by atoms with van der Waals surface area (Å²) >= 11 is 0. The van der Waals surface area contributed by atoms with Gasteiger partial charge in [-0.15, -0.1) is 0 Å². The first kappa shape index (κ1) is 14.5. The van der Waals surface area contributed by atoms with Gasteiger partial charge < -0.3 is 9.80 Å². The second-order valence-electron chi connectivity index (χ2n) is 5.12. The van der Waals surface area contributed by atoms with Gasteiger partial charge in [0.15, 0.2) is 0 Å². The topological polar surface area (TPSA) is 23.6 Å². The van der Waals surface area contributed by atoms with Gasteiger partial charge in [0.25, 0.3) is 0 Å². The van der Waals surface area contributed by atoms with E-state index in [4.69, 9.17) is 0 Å². The third-order valence-corrected chi connectivity index (χ3v) is 2.85. The minimum Gasteiger partial charge on any atom is -0.337 e. The first-order chi connectivity index (χ1) is 7.86. The molecule has 3 nitrogen and oxygen atoms in total. The number of carbonyl (C=O) groups is 1. The highest BCUT2D eigenvalue weighted by Crippen LogP contribution is 2.36. The number of carbonyl (C=O) groups excluding carboxylic acids is 1. The molecular weight excluding hydrogens is 212 g/mol. The van der Waals surface area contributed by atoms with Crippen molar-refractivity contribution >= 4 is 5.91 Å². The maximum atomic E-state index is 12.5. The Kier molecular flexibility index (Phi) is 4.99. The summed E-state index contributed by atoms with van der Waals surface area (Å²) < 4.78 is 0. The molecule has 1 aliphatic rings. The number of amides is 1. The summed E-state index contributed by atoms with van der Waals surface area (Å²) in [5, 5.41) is 0. The largest absolute Gasteiger partial charge is 0.337 e. The Hall–Kier alpha value is -0.570. The molecule has 0 aromatic heterocycles. The van der Waals surface area contributed by atoms with E-state index in [1.54, 1.807) is 0 Å². The molecule has 95 valence electrons. The van der Waals surface area contributed by atoms with Gasteiger partial charge in [0, 0.05) is 12.1 Å². The zero-order valence-corrected chi connectivity index (χ0v) is 11.7. The molecule has 0 aromatic rings. The van der Waals surface area contributed by atoms with Gasteiger partial charge in [0.05, 0.1) is 12.0 Å². The van der Waals surface area contributed by atoms with E-state index >= 15 is 0 Å². The SMILES string of the molecule is CC(C)N(C(=O)[C]1[CH][CH][CH][C]1N(C)C)C(C)C. The summed E-state index contributed by atoms with van der Waals surface area (Å²) in [5.41, 5.74) is 0. The molecular formula is C14H23N2O. The molecule has 0 aliphatic heterocycles. The summed E-state index contributed by atoms with van der Waals surface area (Å²) in [5.74, 6) is 0.904. The fraction of sp³-hybridized carbons (Fsp3) is 0.571. The average molecular weight is 235 g/mol. The summed E-state index contributed by atoms with van der Waals surface area (Å²) in [4.78, 5) is 16.4. The number of nitrogens with zero attached hydrogens (tertiary/aromatic N) is 2. The second kappa shape index (κ2) is 5.85. The van der Waals surface area contributed by atoms with E-state index in [2.05, 4.69) is 27.7 Å². The maximum absolute atomic E-state index is 12.5. The van der Waals surface area contributed by atoms with Crippen LogP contribution in [0.25, 0.3) is 0 Å². The van der Waals surface area contributed by atoms with Crippen molar-refractivity contribution in [3.8, 4) is 0 Å². The Morgan fingerprint density at radius 3 is 2.00 bits per heavy atom. The third-order valence-electron chi connectivity index (χ3n) is 2.85. The maximum Gasteiger partial charge on any atom is 0.232 e. The Balaban J connectivity index is 2.80. The van der Waals surface area contributed by atoms with Crippen molar-refractivity contribution < 1.29 is 4.79 Å². The molecule has 0 aromatic carbocycles. The zero-order chi connectivity index (χ0) is 13.2. The molecule has 0 atom stereocenters. The number of hydrogen-bond donors (Lipinski definition) is 0. The van der Waals surface area contributed by atoms with E-state index in [-0.39, 0.29) is 18.0 Å². The van der Waals surface area contributed by atoms with Gasteiger partial charge in [-0.3, -0.25) is 4.79 Å². The molecule has 0 saturated heterocycles. The molecule has 3 heteroatoms. The summed E-state index contributed by atoms with van der Waals surface area (Å²) in [6.45, 7) is 8.21. The highest BCUT2D eigenvalue weighted by Gasteiger charge is 2.39. The van der Waals surface area contributed by atoms with Crippen molar-refractivity contribution in [2.45, 2.75) is 39.8 Å². The van der Waals surface area contributed by atoms with E-state index in [1.807, 2.05) is 43.2 Å². The van der Waals surface area contributed by atoms with Crippen molar-refractivity contribution in [1.29, 1.82) is 0 Å². The van der Waals surface area contributed by atoms with Crippen LogP contribution in [0.1, 0.15) is 27.7 Å². The third kappa shape index (κ3) is 3.21. The molecule has 1 saturated carbocycles. The van der Waals surface area contributed by atoms with Gasteiger partial charge in [0.1, 0.15) is 0 Å². The monoisotopic (exact) mass is 235 g/mol. The minimum absolute atomic E-state index is 0.115. The van der Waals surface area contributed by atoms with Gasteiger partial charge in [-0.2, -0.15) is 0 Å². The molecule has 1 aliphatic carbocycles. The van der Waals surface area contributed by atoms with E-state index in [1.165, 1.54) is 0 Å². The molecule has 0 spiro atoms. The summed E-state index contributed by atoms with van der Waals surface area (Å²) in [6, 6.07) is 1.42. The fourth-order valence-electron chi connectivity index (χ4n) is 2.19. The van der Waals surface area contributed by atoms with Gasteiger partial charge in [-0.25, -0.2) is 0 Å². The van der Waals surface area contributed by atoms with Crippen LogP contribution in [0.2, 0.25) is 0 Å². The van der Waals surface area contributed by atoms with Crippen LogP contribution in [-0.2, 0) is 4.79 Å². The van der Waals surface area contributed by atoms with Gasteiger partial charge in [-0.05, 0) is 61.1 Å². The summed E-state index contributed by atoms with van der Waals surface area (Å²) in [6.07, 6.45) is 5.81. The predicted molar refractivity (Wildman–Crippen MR) is 70.2 cm³/mol. The number of hydrogen-bond acceptors (Lipinski definition) is 2. The van der Waals surface area contributed by atoms with Crippen LogP contribution in [0.5, 0.6) is 0 Å². The number of rotatable bonds is 4. The van der Waals surface area contributed by atoms with E-state index in [0.29, 0.717) is 0 Å². The highest BCUT2D eigenvalue weighted by molar-refractivity contribution is 5.97. The average Bonchev–Trinajstić information content (AvgIpc) is 2.63. The molecule has 0 unspecified atom stereocenters. The van der Waals surface area contributed by atoms with Crippen LogP contribution < -0.4 is 0 Å². The van der Waals surface area contributed by atoms with Crippen LogP contribution in [-0.4, -0.2) is 41.9 Å². The fourth-order valence-corrected chi connectivity index (χ4v) is 2.19. The molecule has 1 rings (SSSR count). The van der Waals surface area contributed by atoms with Crippen molar-refractivity contribution in [3.63, 3.8) is 0 Å². The molecule has 0 N–H and O–H groups in total. The highest BCUT2D eigenvalue weighted by atomic mass is 16.2. The van der Waals surface area contributed by atoms with Crippen LogP contribution >= 0.6 is 0 Å². The Morgan fingerprint density at radius 1 is 1.06 bits per heavy atom. The molecule has 0 heterocycles. The molecule has 17 heavy (non-hydrogen) atoms. The van der Waals surface area contributed by atoms with E-state index in [9.17, 15) is 4.79 Å². The van der Waals surface area contributed by atoms with Gasteiger partial charge in [-0.1, -0.05) is 0 Å². The van der Waals surface area contributed by atoms with Crippen LogP contribution in [0.15, 0.2) is 0 Å². The lowest BCUT2D eigenvalue weighted by Gasteiger charge is -2.35. The Morgan fingerprint density at radius 2 is 1.59 bits per heavy atom. The lowest BCUT2D eigenvalue weighted by Crippen LogP contribution is -2.46. The van der Waals surface area contributed by atoms with Gasteiger partial charge in [0.2, 0.25) is 5.91 Å². The molecule has 0 bridgehead atoms. The minimum atomic E-state index is 0.115. The molecule has 1 fully saturated rings. The van der Waals surface area contributed by atoms with Gasteiger partial charge >= 0.3 is 0 Å². The van der Waals surface area contributed by atoms with Crippen LogP contribution in [0.4, 0.5) is 0 Å². The summed E-state index contributed by atoms with van der Waals surface area (Å²) in [7, 11) is 3.92. The molecule has 1 amide bonds. The van der Waals surface area contributed by atoms with Crippen molar-refractivity contribution in [2.75, 3.05) is 14.1 Å². The smallest absolute Gasteiger partial charge is 0.232 e. The second-order valence-corrected chi connectivity index (χ2v) is 5.12. The van der Waals surface area contributed by atoms with Crippen molar-refractivity contribution in [3.05, 3.63) is 31.2 Å². The Bertz CT molecular complexity index is 253. The quantitative estimate of drug-likeness (QED) is 0.743. The Labute approximate surface area is 106 Å². The van der Waals surface area contributed by atoms with E-state index < -0.39 is 0 Å². The standard InChI is InChI=1S/C14H23N2O/c1-10(2)16(11(3)4)14(17)12-8-7-9-13(12)15(5)6/h7-11H,1-6H3. The lowest BCUT2D eigenvalue weighted by molar-refractivity contribution is -0.132. The molecule has 5 radical (unpaired) electrons. The van der Waals surface area contributed by atoms with E-state index in [0.717, 1.165) is 12.0 Å². The van der Waals surface area contributed by atoms with Crippen molar-refractivity contribution in [2.24, 2.45) is 0 Å². The predicted octanol–water partition coefficient (Wildman–Crippen LogP) is 1.93. The van der Waals surface area contributed by atoms with Crippen LogP contribution in [0, 0.1) is 31.2 Å². The normalized spacial score (nSPS) is 18.6. The lowest BCUT2D eigenvalue weighted by atomic mass is 9.99. The van der Waals surface area contributed by atoms with Crippen LogP contribution in [0.3, 0.4) is 0 Å². The van der Waals surface area contributed by atoms with Crippen molar-refractivity contribution in [1.82, 2.24) is 9.80 Å². The first-order valence-electron chi connectivity index (χ1n) is 6.12.